The molecule has 0 unspecified atom stereocenters. The Balaban J connectivity index is 1.98. The van der Waals surface area contributed by atoms with E-state index in [1.54, 1.807) is 6.20 Å². The Bertz CT molecular complexity index is 514. The zero-order chi connectivity index (χ0) is 12.1. The average molecular weight is 230 g/mol. The number of Topliss-reactive ketones (excluding diaryl/α,β-unsaturated/α-hetero) is 1. The number of halogens is 1. The molecule has 0 fully saturated rings. The predicted octanol–water partition coefficient (Wildman–Crippen LogP) is 2.43. The van der Waals surface area contributed by atoms with Crippen LogP contribution in [-0.4, -0.2) is 15.8 Å². The smallest absolute Gasteiger partial charge is 0.164 e. The number of aromatic nitrogens is 2. The van der Waals surface area contributed by atoms with Gasteiger partial charge in [0.1, 0.15) is 5.82 Å². The first-order chi connectivity index (χ1) is 8.25. The number of ketones is 1. The van der Waals surface area contributed by atoms with E-state index < -0.39 is 5.82 Å². The Morgan fingerprint density at radius 1 is 1.29 bits per heavy atom. The monoisotopic (exact) mass is 230 g/mol. The van der Waals surface area contributed by atoms with Crippen molar-refractivity contribution in [3.05, 3.63) is 59.9 Å². The summed E-state index contributed by atoms with van der Waals surface area (Å²) in [4.78, 5) is 19.5. The predicted molar refractivity (Wildman–Crippen MR) is 61.1 cm³/mol. The van der Waals surface area contributed by atoms with Gasteiger partial charge in [-0.2, -0.15) is 0 Å². The minimum atomic E-state index is -0.492. The van der Waals surface area contributed by atoms with Crippen LogP contribution in [0.3, 0.4) is 0 Å². The van der Waals surface area contributed by atoms with Gasteiger partial charge in [-0.05, 0) is 24.6 Å². The normalized spacial score (nSPS) is 10.2. The maximum atomic E-state index is 12.9. The van der Waals surface area contributed by atoms with Crippen LogP contribution in [-0.2, 0) is 6.42 Å². The van der Waals surface area contributed by atoms with E-state index >= 15 is 0 Å². The third-order valence-corrected chi connectivity index (χ3v) is 2.36. The van der Waals surface area contributed by atoms with Gasteiger partial charge in [0.25, 0.3) is 0 Å². The lowest BCUT2D eigenvalue weighted by Crippen LogP contribution is -2.03. The lowest BCUT2D eigenvalue weighted by atomic mass is 10.1. The Kier molecular flexibility index (Phi) is 3.55. The Labute approximate surface area is 98.3 Å². The zero-order valence-corrected chi connectivity index (χ0v) is 9.14. The molecule has 2 aromatic heterocycles. The lowest BCUT2D eigenvalue weighted by molar-refractivity contribution is 0.0981. The second-order valence-electron chi connectivity index (χ2n) is 3.64. The Morgan fingerprint density at radius 2 is 2.18 bits per heavy atom. The van der Waals surface area contributed by atoms with Gasteiger partial charge in [0.2, 0.25) is 0 Å². The van der Waals surface area contributed by atoms with Crippen molar-refractivity contribution in [2.75, 3.05) is 0 Å². The molecule has 0 bridgehead atoms. The van der Waals surface area contributed by atoms with Crippen LogP contribution in [0.15, 0.2) is 42.9 Å². The van der Waals surface area contributed by atoms with Gasteiger partial charge < -0.3 is 0 Å². The number of carbonyl (C=O) groups excluding carboxylic acids is 1. The molecular weight excluding hydrogens is 219 g/mol. The first-order valence-electron chi connectivity index (χ1n) is 5.29. The summed E-state index contributed by atoms with van der Waals surface area (Å²) in [6.45, 7) is 0. The first-order valence-corrected chi connectivity index (χ1v) is 5.29. The van der Waals surface area contributed by atoms with Crippen LogP contribution in [0.2, 0.25) is 0 Å². The highest BCUT2D eigenvalue weighted by atomic mass is 19.1. The largest absolute Gasteiger partial charge is 0.294 e. The lowest BCUT2D eigenvalue weighted by Gasteiger charge is -2.00. The van der Waals surface area contributed by atoms with E-state index in [9.17, 15) is 9.18 Å². The quantitative estimate of drug-likeness (QED) is 0.757. The summed E-state index contributed by atoms with van der Waals surface area (Å²) in [6.07, 6.45) is 5.00. The average Bonchev–Trinajstić information content (AvgIpc) is 2.37. The summed E-state index contributed by atoms with van der Waals surface area (Å²) in [5, 5.41) is 0. The van der Waals surface area contributed by atoms with Gasteiger partial charge in [-0.15, -0.1) is 0 Å². The van der Waals surface area contributed by atoms with Crippen molar-refractivity contribution in [1.29, 1.82) is 0 Å². The van der Waals surface area contributed by atoms with Crippen LogP contribution in [0.4, 0.5) is 4.39 Å². The van der Waals surface area contributed by atoms with Gasteiger partial charge >= 0.3 is 0 Å². The van der Waals surface area contributed by atoms with Crippen LogP contribution >= 0.6 is 0 Å². The molecule has 0 N–H and O–H groups in total. The molecule has 0 aliphatic rings. The summed E-state index contributed by atoms with van der Waals surface area (Å²) in [7, 11) is 0. The van der Waals surface area contributed by atoms with Crippen LogP contribution < -0.4 is 0 Å². The van der Waals surface area contributed by atoms with E-state index in [4.69, 9.17) is 0 Å². The summed E-state index contributed by atoms with van der Waals surface area (Å²) in [5.74, 6) is -0.615. The summed E-state index contributed by atoms with van der Waals surface area (Å²) in [6, 6.07) is 6.75. The van der Waals surface area contributed by atoms with E-state index in [-0.39, 0.29) is 5.78 Å². The van der Waals surface area contributed by atoms with Crippen molar-refractivity contribution < 1.29 is 9.18 Å². The van der Waals surface area contributed by atoms with E-state index in [2.05, 4.69) is 9.97 Å². The molecule has 0 spiro atoms. The third-order valence-electron chi connectivity index (χ3n) is 2.36. The van der Waals surface area contributed by atoms with Gasteiger partial charge in [0.05, 0.1) is 6.20 Å². The topological polar surface area (TPSA) is 42.9 Å². The minimum Gasteiger partial charge on any atom is -0.294 e. The highest BCUT2D eigenvalue weighted by Gasteiger charge is 2.07. The van der Waals surface area contributed by atoms with Crippen molar-refractivity contribution in [1.82, 2.24) is 9.97 Å². The van der Waals surface area contributed by atoms with Crippen molar-refractivity contribution in [3.63, 3.8) is 0 Å². The molecule has 86 valence electrons. The van der Waals surface area contributed by atoms with Gasteiger partial charge in [-0.3, -0.25) is 14.8 Å². The molecule has 0 amide bonds. The van der Waals surface area contributed by atoms with E-state index in [0.717, 1.165) is 11.9 Å². The second-order valence-corrected chi connectivity index (χ2v) is 3.64. The summed E-state index contributed by atoms with van der Waals surface area (Å²) >= 11 is 0. The highest BCUT2D eigenvalue weighted by molar-refractivity contribution is 5.95. The molecule has 0 aromatic carbocycles. The molecule has 4 heteroatoms. The number of nitrogens with zero attached hydrogens (tertiary/aromatic N) is 2. The zero-order valence-electron chi connectivity index (χ0n) is 9.14. The molecule has 2 aromatic rings. The molecule has 17 heavy (non-hydrogen) atoms. The van der Waals surface area contributed by atoms with Gasteiger partial charge in [0, 0.05) is 30.1 Å². The fourth-order valence-electron chi connectivity index (χ4n) is 1.50. The molecule has 2 heterocycles. The standard InChI is InChI=1S/C13H11FN2O/c14-11-7-10(8-15-9-11)13(17)5-4-12-3-1-2-6-16-12/h1-3,6-9H,4-5H2. The molecule has 0 atom stereocenters. The summed E-state index contributed by atoms with van der Waals surface area (Å²) in [5.41, 5.74) is 1.16. The fourth-order valence-corrected chi connectivity index (χ4v) is 1.50. The third kappa shape index (κ3) is 3.17. The molecule has 0 aliphatic heterocycles. The van der Waals surface area contributed by atoms with Crippen LogP contribution in [0, 0.1) is 5.82 Å². The molecule has 3 nitrogen and oxygen atoms in total. The number of hydrogen-bond donors (Lipinski definition) is 0. The van der Waals surface area contributed by atoms with Gasteiger partial charge in [-0.25, -0.2) is 4.39 Å². The van der Waals surface area contributed by atoms with Crippen molar-refractivity contribution in [3.8, 4) is 0 Å². The van der Waals surface area contributed by atoms with Crippen LogP contribution in [0.1, 0.15) is 22.5 Å². The van der Waals surface area contributed by atoms with E-state index in [1.165, 1.54) is 12.3 Å². The number of hydrogen-bond acceptors (Lipinski definition) is 3. The Hall–Kier alpha value is -2.10. The van der Waals surface area contributed by atoms with E-state index in [0.29, 0.717) is 18.4 Å². The number of aryl methyl sites for hydroxylation is 1. The highest BCUT2D eigenvalue weighted by Crippen LogP contribution is 2.07. The molecule has 0 radical (unpaired) electrons. The molecule has 0 aliphatic carbocycles. The molecular formula is C13H11FN2O. The summed E-state index contributed by atoms with van der Waals surface area (Å²) < 4.78 is 12.9. The molecule has 0 saturated heterocycles. The second kappa shape index (κ2) is 5.30. The molecule has 0 saturated carbocycles. The SMILES string of the molecule is O=C(CCc1ccccn1)c1cncc(F)c1. The Morgan fingerprint density at radius 3 is 2.88 bits per heavy atom. The van der Waals surface area contributed by atoms with Gasteiger partial charge in [-0.1, -0.05) is 6.07 Å². The number of rotatable bonds is 4. The van der Waals surface area contributed by atoms with Crippen LogP contribution in [0.5, 0.6) is 0 Å². The first kappa shape index (κ1) is 11.4. The van der Waals surface area contributed by atoms with Crippen molar-refractivity contribution in [2.45, 2.75) is 12.8 Å². The van der Waals surface area contributed by atoms with E-state index in [1.807, 2.05) is 18.2 Å². The number of pyridine rings is 2. The fraction of sp³-hybridized carbons (Fsp3) is 0.154. The van der Waals surface area contributed by atoms with Crippen molar-refractivity contribution in [2.24, 2.45) is 0 Å². The number of carbonyl (C=O) groups is 1. The molecule has 2 rings (SSSR count). The maximum Gasteiger partial charge on any atom is 0.164 e. The van der Waals surface area contributed by atoms with Gasteiger partial charge in [0.15, 0.2) is 5.78 Å². The maximum absolute atomic E-state index is 12.9. The minimum absolute atomic E-state index is 0.123. The van der Waals surface area contributed by atoms with Crippen molar-refractivity contribution >= 4 is 5.78 Å². The van der Waals surface area contributed by atoms with Crippen LogP contribution in [0.25, 0.3) is 0 Å².